The van der Waals surface area contributed by atoms with E-state index in [0.29, 0.717) is 22.1 Å². The summed E-state index contributed by atoms with van der Waals surface area (Å²) in [6, 6.07) is 18.4. The SMILES string of the molecule is CCOC(=O)/C=C/c1ccc2cccc3c2c1C(=O)N(Cc1ccccc1)C3=O. The fraction of sp³-hybridized carbons (Fsp3) is 0.125. The molecular weight excluding hydrogens is 366 g/mol. The number of amides is 2. The first-order chi connectivity index (χ1) is 14.1. The summed E-state index contributed by atoms with van der Waals surface area (Å²) in [4.78, 5) is 39.5. The molecule has 1 aliphatic rings. The van der Waals surface area contributed by atoms with E-state index in [0.717, 1.165) is 10.9 Å². The molecule has 29 heavy (non-hydrogen) atoms. The van der Waals surface area contributed by atoms with Gasteiger partial charge in [-0.05, 0) is 35.6 Å². The largest absolute Gasteiger partial charge is 0.463 e. The highest BCUT2D eigenvalue weighted by atomic mass is 16.5. The molecule has 0 N–H and O–H groups in total. The molecule has 0 aliphatic carbocycles. The minimum atomic E-state index is -0.478. The van der Waals surface area contributed by atoms with Crippen LogP contribution in [0.5, 0.6) is 0 Å². The van der Waals surface area contributed by atoms with Crippen LogP contribution in [0.4, 0.5) is 0 Å². The Hall–Kier alpha value is -3.73. The third-order valence-corrected chi connectivity index (χ3v) is 4.88. The van der Waals surface area contributed by atoms with Gasteiger partial charge in [-0.15, -0.1) is 0 Å². The quantitative estimate of drug-likeness (QED) is 0.375. The molecule has 0 radical (unpaired) electrons. The maximum absolute atomic E-state index is 13.4. The Morgan fingerprint density at radius 3 is 2.52 bits per heavy atom. The summed E-state index contributed by atoms with van der Waals surface area (Å²) in [7, 11) is 0. The molecule has 5 nitrogen and oxygen atoms in total. The highest BCUT2D eigenvalue weighted by molar-refractivity contribution is 6.26. The second-order valence-corrected chi connectivity index (χ2v) is 6.70. The fourth-order valence-electron chi connectivity index (χ4n) is 3.57. The van der Waals surface area contributed by atoms with Crippen LogP contribution in [0.2, 0.25) is 0 Å². The number of hydrogen-bond acceptors (Lipinski definition) is 4. The molecule has 3 aromatic rings. The van der Waals surface area contributed by atoms with Crippen molar-refractivity contribution in [1.29, 1.82) is 0 Å². The van der Waals surface area contributed by atoms with Crippen molar-refractivity contribution in [3.63, 3.8) is 0 Å². The van der Waals surface area contributed by atoms with Crippen LogP contribution in [0.3, 0.4) is 0 Å². The van der Waals surface area contributed by atoms with Crippen LogP contribution in [-0.4, -0.2) is 29.3 Å². The average Bonchev–Trinajstić information content (AvgIpc) is 2.74. The summed E-state index contributed by atoms with van der Waals surface area (Å²) in [6.45, 7) is 2.19. The van der Waals surface area contributed by atoms with E-state index in [4.69, 9.17) is 4.74 Å². The van der Waals surface area contributed by atoms with Crippen molar-refractivity contribution >= 4 is 34.6 Å². The Morgan fingerprint density at radius 2 is 1.76 bits per heavy atom. The Kier molecular flexibility index (Phi) is 4.96. The molecule has 0 spiro atoms. The lowest BCUT2D eigenvalue weighted by molar-refractivity contribution is -0.137. The fourth-order valence-corrected chi connectivity index (χ4v) is 3.57. The molecule has 0 unspecified atom stereocenters. The van der Waals surface area contributed by atoms with Crippen LogP contribution < -0.4 is 0 Å². The second kappa shape index (κ2) is 7.72. The predicted molar refractivity (Wildman–Crippen MR) is 110 cm³/mol. The number of rotatable bonds is 5. The first-order valence-electron chi connectivity index (χ1n) is 9.41. The normalized spacial score (nSPS) is 13.3. The molecule has 0 saturated carbocycles. The smallest absolute Gasteiger partial charge is 0.330 e. The van der Waals surface area contributed by atoms with Crippen molar-refractivity contribution in [2.45, 2.75) is 13.5 Å². The van der Waals surface area contributed by atoms with Crippen molar-refractivity contribution in [2.24, 2.45) is 0 Å². The zero-order valence-corrected chi connectivity index (χ0v) is 15.9. The van der Waals surface area contributed by atoms with Crippen LogP contribution in [0.15, 0.2) is 66.7 Å². The lowest BCUT2D eigenvalue weighted by atomic mass is 9.90. The number of imide groups is 1. The number of carbonyl (C=O) groups excluding carboxylic acids is 3. The third kappa shape index (κ3) is 3.43. The van der Waals surface area contributed by atoms with E-state index < -0.39 is 5.97 Å². The van der Waals surface area contributed by atoms with Gasteiger partial charge in [-0.3, -0.25) is 14.5 Å². The van der Waals surface area contributed by atoms with Gasteiger partial charge in [0.25, 0.3) is 11.8 Å². The first kappa shape index (κ1) is 18.6. The van der Waals surface area contributed by atoms with Crippen molar-refractivity contribution in [3.05, 3.63) is 89.0 Å². The highest BCUT2D eigenvalue weighted by Gasteiger charge is 2.34. The average molecular weight is 385 g/mol. The van der Waals surface area contributed by atoms with E-state index in [1.165, 1.54) is 11.0 Å². The van der Waals surface area contributed by atoms with Crippen LogP contribution in [-0.2, 0) is 16.1 Å². The number of hydrogen-bond donors (Lipinski definition) is 0. The third-order valence-electron chi connectivity index (χ3n) is 4.88. The Labute approximate surface area is 168 Å². The summed E-state index contributed by atoms with van der Waals surface area (Å²) in [5.74, 6) is -1.16. The van der Waals surface area contributed by atoms with Gasteiger partial charge in [0.1, 0.15) is 0 Å². The molecule has 0 fully saturated rings. The number of benzene rings is 3. The van der Waals surface area contributed by atoms with Gasteiger partial charge in [-0.1, -0.05) is 54.6 Å². The van der Waals surface area contributed by atoms with Crippen LogP contribution in [0, 0.1) is 0 Å². The number of ether oxygens (including phenoxy) is 1. The first-order valence-corrected chi connectivity index (χ1v) is 9.41. The van der Waals surface area contributed by atoms with Crippen LogP contribution >= 0.6 is 0 Å². The molecule has 2 amide bonds. The molecule has 4 rings (SSSR count). The van der Waals surface area contributed by atoms with Crippen molar-refractivity contribution < 1.29 is 19.1 Å². The van der Waals surface area contributed by atoms with Gasteiger partial charge in [-0.25, -0.2) is 4.79 Å². The van der Waals surface area contributed by atoms with E-state index in [-0.39, 0.29) is 25.0 Å². The predicted octanol–water partition coefficient (Wildman–Crippen LogP) is 4.21. The molecular formula is C24H19NO4. The maximum Gasteiger partial charge on any atom is 0.330 e. The van der Waals surface area contributed by atoms with Crippen molar-refractivity contribution in [1.82, 2.24) is 4.90 Å². The van der Waals surface area contributed by atoms with Gasteiger partial charge in [0.15, 0.2) is 0 Å². The summed E-state index contributed by atoms with van der Waals surface area (Å²) in [5, 5.41) is 1.43. The van der Waals surface area contributed by atoms with E-state index >= 15 is 0 Å². The number of nitrogens with zero attached hydrogens (tertiary/aromatic N) is 1. The maximum atomic E-state index is 13.4. The molecule has 1 heterocycles. The van der Waals surface area contributed by atoms with Crippen molar-refractivity contribution in [2.75, 3.05) is 6.61 Å². The summed E-state index contributed by atoms with van der Waals surface area (Å²) in [5.41, 5.74) is 2.35. The van der Waals surface area contributed by atoms with Gasteiger partial charge < -0.3 is 4.74 Å². The van der Waals surface area contributed by atoms with E-state index in [9.17, 15) is 14.4 Å². The molecule has 1 aliphatic heterocycles. The van der Waals surface area contributed by atoms with Gasteiger partial charge >= 0.3 is 5.97 Å². The minimum Gasteiger partial charge on any atom is -0.463 e. The van der Waals surface area contributed by atoms with Gasteiger partial charge in [0.2, 0.25) is 0 Å². The van der Waals surface area contributed by atoms with Crippen LogP contribution in [0.25, 0.3) is 16.8 Å². The summed E-state index contributed by atoms with van der Waals surface area (Å²) >= 11 is 0. The monoisotopic (exact) mass is 385 g/mol. The van der Waals surface area contributed by atoms with Crippen molar-refractivity contribution in [3.8, 4) is 0 Å². The van der Waals surface area contributed by atoms with Gasteiger partial charge in [0, 0.05) is 17.0 Å². The molecule has 5 heteroatoms. The van der Waals surface area contributed by atoms with E-state index in [2.05, 4.69) is 0 Å². The Bertz CT molecular complexity index is 1150. The zero-order valence-electron chi connectivity index (χ0n) is 15.9. The molecule has 0 aromatic heterocycles. The summed E-state index contributed by atoms with van der Waals surface area (Å²) in [6.07, 6.45) is 2.87. The summed E-state index contributed by atoms with van der Waals surface area (Å²) < 4.78 is 4.93. The van der Waals surface area contributed by atoms with Gasteiger partial charge in [0.05, 0.1) is 18.7 Å². The Morgan fingerprint density at radius 1 is 0.966 bits per heavy atom. The van der Waals surface area contributed by atoms with E-state index in [1.54, 1.807) is 25.1 Å². The number of esters is 1. The minimum absolute atomic E-state index is 0.185. The zero-order chi connectivity index (χ0) is 20.4. The van der Waals surface area contributed by atoms with E-state index in [1.807, 2.05) is 48.5 Å². The Balaban J connectivity index is 1.83. The standard InChI is InChI=1S/C24H19NO4/c1-2-29-20(26)14-13-18-12-11-17-9-6-10-19-21(17)22(18)24(28)25(23(19)27)15-16-7-4-3-5-8-16/h3-14H,2,15H2,1H3/b14-13+. The molecule has 0 saturated heterocycles. The molecule has 0 atom stereocenters. The number of carbonyl (C=O) groups is 3. The lowest BCUT2D eigenvalue weighted by Gasteiger charge is -2.28. The lowest BCUT2D eigenvalue weighted by Crippen LogP contribution is -2.40. The topological polar surface area (TPSA) is 63.7 Å². The molecule has 3 aromatic carbocycles. The van der Waals surface area contributed by atoms with Gasteiger partial charge in [-0.2, -0.15) is 0 Å². The molecule has 144 valence electrons. The second-order valence-electron chi connectivity index (χ2n) is 6.70. The van der Waals surface area contributed by atoms with Crippen LogP contribution in [0.1, 0.15) is 38.8 Å². The highest BCUT2D eigenvalue weighted by Crippen LogP contribution is 2.33. The molecule has 0 bridgehead atoms.